The number of hydrogen-bond donors (Lipinski definition) is 0. The van der Waals surface area contributed by atoms with E-state index in [1.54, 1.807) is 0 Å². The van der Waals surface area contributed by atoms with Gasteiger partial charge in [0, 0.05) is 19.0 Å². The van der Waals surface area contributed by atoms with Crippen molar-refractivity contribution < 1.29 is 18.7 Å². The predicted octanol–water partition coefficient (Wildman–Crippen LogP) is 4.14. The van der Waals surface area contributed by atoms with Crippen LogP contribution >= 0.6 is 23.4 Å². The molecule has 4 aliphatic heterocycles. The molecule has 3 fully saturated rings. The Morgan fingerprint density at radius 3 is 2.75 bits per heavy atom. The summed E-state index contributed by atoms with van der Waals surface area (Å²) in [7, 11) is 0. The Balaban J connectivity index is 1.61. The molecule has 1 amide bonds. The lowest BCUT2D eigenvalue weighted by molar-refractivity contribution is 0.00644. The first-order chi connectivity index (χ1) is 15.2. The molecule has 32 heavy (non-hydrogen) atoms. The van der Waals surface area contributed by atoms with Crippen molar-refractivity contribution in [2.24, 2.45) is 5.92 Å². The first-order valence-electron chi connectivity index (χ1n) is 10.7. The van der Waals surface area contributed by atoms with Crippen LogP contribution in [0.2, 0.25) is 5.15 Å². The highest BCUT2D eigenvalue weighted by Crippen LogP contribution is 2.43. The summed E-state index contributed by atoms with van der Waals surface area (Å²) in [4.78, 5) is 30.2. The van der Waals surface area contributed by atoms with Crippen molar-refractivity contribution in [1.29, 1.82) is 0 Å². The van der Waals surface area contributed by atoms with Crippen LogP contribution in [0.25, 0.3) is 10.9 Å². The molecule has 3 saturated heterocycles. The SMILES string of the molecule is CSc1nc2c3c(nc(Cl)c(F)c3n1)OC[C@@H]1[C@@H]3CC[C@H](CN21)N(C(=O)OC(C)(C)C)C3. The molecular weight excluding hydrogens is 457 g/mol. The number of fused-ring (bicyclic) bond motifs is 2. The molecule has 0 aliphatic carbocycles. The number of nitrogens with zero attached hydrogens (tertiary/aromatic N) is 5. The Bertz CT molecular complexity index is 1100. The highest BCUT2D eigenvalue weighted by Gasteiger charge is 2.46. The minimum atomic E-state index is -0.681. The highest BCUT2D eigenvalue weighted by molar-refractivity contribution is 7.98. The summed E-state index contributed by atoms with van der Waals surface area (Å²) in [6, 6.07) is -0.0863. The first kappa shape index (κ1) is 21.8. The minimum absolute atomic E-state index is 0.0412. The van der Waals surface area contributed by atoms with Crippen LogP contribution in [0, 0.1) is 11.7 Å². The number of anilines is 1. The Hall–Kier alpha value is -2.07. The summed E-state index contributed by atoms with van der Waals surface area (Å²) in [5.41, 5.74) is -0.459. The molecule has 2 aromatic heterocycles. The van der Waals surface area contributed by atoms with Gasteiger partial charge in [0.1, 0.15) is 28.9 Å². The molecule has 3 atom stereocenters. The van der Waals surface area contributed by atoms with E-state index in [4.69, 9.17) is 26.1 Å². The highest BCUT2D eigenvalue weighted by atomic mass is 35.5. The van der Waals surface area contributed by atoms with E-state index in [-0.39, 0.29) is 40.6 Å². The number of amides is 1. The summed E-state index contributed by atoms with van der Waals surface area (Å²) in [5.74, 6) is 0.308. The molecule has 6 rings (SSSR count). The lowest BCUT2D eigenvalue weighted by atomic mass is 9.90. The molecule has 0 N–H and O–H groups in total. The quantitative estimate of drug-likeness (QED) is 0.341. The Morgan fingerprint density at radius 1 is 1.25 bits per heavy atom. The molecule has 0 unspecified atom stereocenters. The maximum absolute atomic E-state index is 14.9. The number of ether oxygens (including phenoxy) is 2. The van der Waals surface area contributed by atoms with Gasteiger partial charge in [0.05, 0.1) is 12.1 Å². The molecule has 6 heterocycles. The number of pyridine rings is 1. The van der Waals surface area contributed by atoms with Gasteiger partial charge in [0.15, 0.2) is 16.1 Å². The molecule has 0 spiro atoms. The van der Waals surface area contributed by atoms with Crippen LogP contribution in [0.15, 0.2) is 5.16 Å². The van der Waals surface area contributed by atoms with Gasteiger partial charge in [0.25, 0.3) is 0 Å². The number of piperidine rings is 1. The fraction of sp³-hybridized carbons (Fsp3) is 0.619. The molecule has 11 heteroatoms. The van der Waals surface area contributed by atoms with Crippen molar-refractivity contribution in [2.45, 2.75) is 56.5 Å². The standard InChI is InChI=1S/C21H25ClFN5O3S/c1-21(2,3)31-20(29)27-7-10-5-6-11(27)8-28-12(10)9-30-18-13-15(14(23)16(22)25-18)24-19(32-4)26-17(13)28/h10-12H,5-9H2,1-4H3/t10-,11-,12-/m1/s1. The molecule has 2 bridgehead atoms. The number of carbonyl (C=O) groups is 1. The van der Waals surface area contributed by atoms with E-state index < -0.39 is 11.4 Å². The first-order valence-corrected chi connectivity index (χ1v) is 12.3. The van der Waals surface area contributed by atoms with Crippen molar-refractivity contribution in [3.8, 4) is 5.88 Å². The largest absolute Gasteiger partial charge is 0.475 e. The van der Waals surface area contributed by atoms with Gasteiger partial charge in [-0.1, -0.05) is 23.4 Å². The van der Waals surface area contributed by atoms with Gasteiger partial charge in [-0.3, -0.25) is 0 Å². The Morgan fingerprint density at radius 2 is 2.03 bits per heavy atom. The van der Waals surface area contributed by atoms with E-state index in [1.807, 2.05) is 31.9 Å². The van der Waals surface area contributed by atoms with Gasteiger partial charge in [-0.25, -0.2) is 19.2 Å². The molecule has 0 saturated carbocycles. The van der Waals surface area contributed by atoms with Crippen LogP contribution < -0.4 is 9.64 Å². The molecule has 172 valence electrons. The second-order valence-electron chi connectivity index (χ2n) is 9.43. The van der Waals surface area contributed by atoms with Crippen molar-refractivity contribution in [2.75, 3.05) is 30.9 Å². The van der Waals surface area contributed by atoms with Gasteiger partial charge in [0.2, 0.25) is 5.88 Å². The summed E-state index contributed by atoms with van der Waals surface area (Å²) in [5, 5.41) is 0.608. The molecule has 0 aromatic carbocycles. The van der Waals surface area contributed by atoms with Crippen molar-refractivity contribution in [3.63, 3.8) is 0 Å². The smallest absolute Gasteiger partial charge is 0.410 e. The van der Waals surface area contributed by atoms with Gasteiger partial charge < -0.3 is 19.3 Å². The summed E-state index contributed by atoms with van der Waals surface area (Å²) >= 11 is 7.37. The summed E-state index contributed by atoms with van der Waals surface area (Å²) in [6.07, 6.45) is 3.36. The zero-order valence-electron chi connectivity index (χ0n) is 18.4. The molecular formula is C21H25ClFN5O3S. The molecule has 0 radical (unpaired) electrons. The van der Waals surface area contributed by atoms with Crippen LogP contribution in [0.3, 0.4) is 0 Å². The minimum Gasteiger partial charge on any atom is -0.475 e. The average molecular weight is 482 g/mol. The lowest BCUT2D eigenvalue weighted by Crippen LogP contribution is -2.49. The summed E-state index contributed by atoms with van der Waals surface area (Å²) < 4.78 is 26.7. The third-order valence-corrected chi connectivity index (χ3v) is 7.04. The van der Waals surface area contributed by atoms with Crippen LogP contribution in [0.1, 0.15) is 33.6 Å². The third kappa shape index (κ3) is 3.61. The lowest BCUT2D eigenvalue weighted by Gasteiger charge is -2.37. The number of carbonyl (C=O) groups excluding carboxylic acids is 1. The van der Waals surface area contributed by atoms with Crippen LogP contribution in [0.5, 0.6) is 5.88 Å². The fourth-order valence-electron chi connectivity index (χ4n) is 4.83. The maximum atomic E-state index is 14.9. The van der Waals surface area contributed by atoms with Gasteiger partial charge in [-0.15, -0.1) is 0 Å². The second-order valence-corrected chi connectivity index (χ2v) is 10.6. The monoisotopic (exact) mass is 481 g/mol. The fourth-order valence-corrected chi connectivity index (χ4v) is 5.36. The van der Waals surface area contributed by atoms with Crippen LogP contribution in [-0.2, 0) is 4.74 Å². The van der Waals surface area contributed by atoms with Crippen molar-refractivity contribution >= 4 is 46.2 Å². The molecule has 8 nitrogen and oxygen atoms in total. The Kier molecular flexibility index (Phi) is 5.28. The van der Waals surface area contributed by atoms with E-state index in [1.165, 1.54) is 11.8 Å². The third-order valence-electron chi connectivity index (χ3n) is 6.24. The Labute approximate surface area is 194 Å². The van der Waals surface area contributed by atoms with Crippen molar-refractivity contribution in [1.82, 2.24) is 19.9 Å². The topological polar surface area (TPSA) is 80.7 Å². The zero-order chi connectivity index (χ0) is 22.8. The second kappa shape index (κ2) is 7.76. The number of thioether (sulfide) groups is 1. The predicted molar refractivity (Wildman–Crippen MR) is 120 cm³/mol. The molecule has 2 aromatic rings. The van der Waals surface area contributed by atoms with Crippen LogP contribution in [0.4, 0.5) is 15.0 Å². The van der Waals surface area contributed by atoms with Gasteiger partial charge >= 0.3 is 6.09 Å². The number of rotatable bonds is 1. The van der Waals surface area contributed by atoms with E-state index in [0.717, 1.165) is 12.8 Å². The van der Waals surface area contributed by atoms with Gasteiger partial charge in [-0.05, 0) is 39.9 Å². The normalized spacial score (nSPS) is 24.6. The van der Waals surface area contributed by atoms with E-state index in [9.17, 15) is 9.18 Å². The number of hydrogen-bond acceptors (Lipinski definition) is 8. The van der Waals surface area contributed by atoms with E-state index >= 15 is 0 Å². The zero-order valence-corrected chi connectivity index (χ0v) is 20.0. The van der Waals surface area contributed by atoms with Crippen molar-refractivity contribution in [3.05, 3.63) is 11.0 Å². The molecule has 4 aliphatic rings. The van der Waals surface area contributed by atoms with Gasteiger partial charge in [-0.2, -0.15) is 4.98 Å². The number of aromatic nitrogens is 3. The number of halogens is 2. The van der Waals surface area contributed by atoms with E-state index in [0.29, 0.717) is 36.1 Å². The summed E-state index contributed by atoms with van der Waals surface area (Å²) in [6.45, 7) is 7.07. The van der Waals surface area contributed by atoms with E-state index in [2.05, 4.69) is 14.9 Å². The van der Waals surface area contributed by atoms with Crippen LogP contribution in [-0.4, -0.2) is 69.6 Å². The average Bonchev–Trinajstić information content (AvgIpc) is 3.07. The maximum Gasteiger partial charge on any atom is 0.410 e.